The SMILES string of the molecule is O=C(Cc1cccc2ccccc12)NCC(=O)OCCOc1ccc(F)cc1. The van der Waals surface area contributed by atoms with Crippen molar-refractivity contribution < 1.29 is 23.5 Å². The average molecular weight is 381 g/mol. The van der Waals surface area contributed by atoms with Crippen molar-refractivity contribution in [1.82, 2.24) is 5.32 Å². The first-order valence-corrected chi connectivity index (χ1v) is 8.89. The number of fused-ring (bicyclic) bond motifs is 1. The third-order valence-electron chi connectivity index (χ3n) is 4.09. The Balaban J connectivity index is 1.38. The third kappa shape index (κ3) is 5.54. The van der Waals surface area contributed by atoms with Gasteiger partial charge in [-0.05, 0) is 40.6 Å². The Bertz CT molecular complexity index is 951. The van der Waals surface area contributed by atoms with Gasteiger partial charge >= 0.3 is 5.97 Å². The molecule has 0 aromatic heterocycles. The number of rotatable bonds is 8. The molecule has 3 aromatic rings. The fraction of sp³-hybridized carbons (Fsp3) is 0.182. The lowest BCUT2D eigenvalue weighted by Crippen LogP contribution is -2.32. The highest BCUT2D eigenvalue weighted by Crippen LogP contribution is 2.18. The lowest BCUT2D eigenvalue weighted by atomic mass is 10.0. The molecule has 0 saturated carbocycles. The van der Waals surface area contributed by atoms with E-state index in [1.54, 1.807) is 0 Å². The van der Waals surface area contributed by atoms with E-state index in [4.69, 9.17) is 9.47 Å². The normalized spacial score (nSPS) is 10.5. The van der Waals surface area contributed by atoms with Crippen LogP contribution in [-0.4, -0.2) is 31.6 Å². The molecule has 5 nitrogen and oxygen atoms in total. The number of hydrogen-bond donors (Lipinski definition) is 1. The van der Waals surface area contributed by atoms with E-state index >= 15 is 0 Å². The Kier molecular flexibility index (Phi) is 6.57. The number of nitrogens with one attached hydrogen (secondary N) is 1. The Labute approximate surface area is 162 Å². The number of ether oxygens (including phenoxy) is 2. The minimum Gasteiger partial charge on any atom is -0.490 e. The first-order valence-electron chi connectivity index (χ1n) is 8.89. The molecule has 3 rings (SSSR count). The molecule has 144 valence electrons. The lowest BCUT2D eigenvalue weighted by Gasteiger charge is -2.09. The van der Waals surface area contributed by atoms with Crippen molar-refractivity contribution in [3.05, 3.63) is 78.1 Å². The summed E-state index contributed by atoms with van der Waals surface area (Å²) in [6.07, 6.45) is 0.183. The monoisotopic (exact) mass is 381 g/mol. The summed E-state index contributed by atoms with van der Waals surface area (Å²) in [5.74, 6) is -0.663. The molecule has 0 fully saturated rings. The van der Waals surface area contributed by atoms with Gasteiger partial charge in [0.1, 0.15) is 31.3 Å². The molecule has 0 bridgehead atoms. The molecule has 0 aliphatic carbocycles. The number of hydrogen-bond acceptors (Lipinski definition) is 4. The summed E-state index contributed by atoms with van der Waals surface area (Å²) in [6, 6.07) is 19.2. The van der Waals surface area contributed by atoms with Gasteiger partial charge in [-0.15, -0.1) is 0 Å². The zero-order valence-corrected chi connectivity index (χ0v) is 15.2. The van der Waals surface area contributed by atoms with Gasteiger partial charge in [-0.2, -0.15) is 0 Å². The van der Waals surface area contributed by atoms with E-state index in [1.165, 1.54) is 24.3 Å². The summed E-state index contributed by atoms with van der Waals surface area (Å²) in [7, 11) is 0. The zero-order chi connectivity index (χ0) is 19.8. The maximum atomic E-state index is 12.8. The zero-order valence-electron chi connectivity index (χ0n) is 15.2. The van der Waals surface area contributed by atoms with Crippen LogP contribution < -0.4 is 10.1 Å². The van der Waals surface area contributed by atoms with Crippen LogP contribution >= 0.6 is 0 Å². The number of benzene rings is 3. The van der Waals surface area contributed by atoms with Gasteiger partial charge in [0.25, 0.3) is 0 Å². The average Bonchev–Trinajstić information content (AvgIpc) is 2.71. The molecule has 0 aliphatic rings. The van der Waals surface area contributed by atoms with Crippen LogP contribution in [0.15, 0.2) is 66.7 Å². The molecule has 0 aliphatic heterocycles. The molecule has 1 N–H and O–H groups in total. The molecule has 6 heteroatoms. The smallest absolute Gasteiger partial charge is 0.325 e. The lowest BCUT2D eigenvalue weighted by molar-refractivity contribution is -0.144. The standard InChI is InChI=1S/C22H20FNO4/c23-18-8-10-19(11-9-18)27-12-13-28-22(26)15-24-21(25)14-17-6-3-5-16-4-1-2-7-20(16)17/h1-11H,12-15H2,(H,24,25). The maximum absolute atomic E-state index is 12.8. The molecule has 0 radical (unpaired) electrons. The van der Waals surface area contributed by atoms with Crippen molar-refractivity contribution in [2.75, 3.05) is 19.8 Å². The molecule has 0 saturated heterocycles. The van der Waals surface area contributed by atoms with Crippen LogP contribution in [0, 0.1) is 5.82 Å². The van der Waals surface area contributed by atoms with E-state index in [1.807, 2.05) is 42.5 Å². The Morgan fingerprint density at radius 1 is 0.893 bits per heavy atom. The van der Waals surface area contributed by atoms with Crippen LogP contribution in [0.25, 0.3) is 10.8 Å². The second-order valence-electron chi connectivity index (χ2n) is 6.11. The summed E-state index contributed by atoms with van der Waals surface area (Å²) in [5.41, 5.74) is 0.900. The molecule has 0 heterocycles. The van der Waals surface area contributed by atoms with Crippen molar-refractivity contribution in [2.45, 2.75) is 6.42 Å². The van der Waals surface area contributed by atoms with Gasteiger partial charge in [-0.1, -0.05) is 42.5 Å². The molecule has 1 amide bonds. The maximum Gasteiger partial charge on any atom is 0.325 e. The van der Waals surface area contributed by atoms with E-state index < -0.39 is 5.97 Å². The summed E-state index contributed by atoms with van der Waals surface area (Å²) >= 11 is 0. The topological polar surface area (TPSA) is 64.6 Å². The van der Waals surface area contributed by atoms with Crippen LogP contribution in [0.4, 0.5) is 4.39 Å². The molecule has 3 aromatic carbocycles. The molecule has 0 unspecified atom stereocenters. The van der Waals surface area contributed by atoms with Gasteiger partial charge in [0.15, 0.2) is 0 Å². The molecule has 0 atom stereocenters. The van der Waals surface area contributed by atoms with Crippen LogP contribution in [0.2, 0.25) is 0 Å². The number of amides is 1. The van der Waals surface area contributed by atoms with Crippen molar-refractivity contribution in [3.8, 4) is 5.75 Å². The van der Waals surface area contributed by atoms with Gasteiger partial charge < -0.3 is 14.8 Å². The van der Waals surface area contributed by atoms with Crippen LogP contribution in [-0.2, 0) is 20.7 Å². The van der Waals surface area contributed by atoms with Gasteiger partial charge in [0, 0.05) is 0 Å². The second kappa shape index (κ2) is 9.50. The summed E-state index contributed by atoms with van der Waals surface area (Å²) < 4.78 is 23.1. The predicted molar refractivity (Wildman–Crippen MR) is 104 cm³/mol. The Hall–Kier alpha value is -3.41. The van der Waals surface area contributed by atoms with Gasteiger partial charge in [-0.25, -0.2) is 4.39 Å². The van der Waals surface area contributed by atoms with Crippen molar-refractivity contribution in [2.24, 2.45) is 0 Å². The predicted octanol–water partition coefficient (Wildman–Crippen LogP) is 3.26. The van der Waals surface area contributed by atoms with E-state index in [2.05, 4.69) is 5.32 Å². The van der Waals surface area contributed by atoms with E-state index in [0.29, 0.717) is 5.75 Å². The quantitative estimate of drug-likeness (QED) is 0.481. The molecule has 28 heavy (non-hydrogen) atoms. The first kappa shape index (κ1) is 19.4. The van der Waals surface area contributed by atoms with Crippen molar-refractivity contribution in [3.63, 3.8) is 0 Å². The van der Waals surface area contributed by atoms with E-state index in [0.717, 1.165) is 16.3 Å². The fourth-order valence-electron chi connectivity index (χ4n) is 2.75. The van der Waals surface area contributed by atoms with E-state index in [9.17, 15) is 14.0 Å². The third-order valence-corrected chi connectivity index (χ3v) is 4.09. The highest BCUT2D eigenvalue weighted by atomic mass is 19.1. The highest BCUT2D eigenvalue weighted by molar-refractivity contribution is 5.91. The molecular formula is C22H20FNO4. The number of carbonyl (C=O) groups is 2. The Morgan fingerprint density at radius 3 is 2.46 bits per heavy atom. The van der Waals surface area contributed by atoms with Crippen LogP contribution in [0.3, 0.4) is 0 Å². The van der Waals surface area contributed by atoms with Crippen molar-refractivity contribution in [1.29, 1.82) is 0 Å². The second-order valence-corrected chi connectivity index (χ2v) is 6.11. The molecule has 0 spiro atoms. The minimum atomic E-state index is -0.547. The number of esters is 1. The van der Waals surface area contributed by atoms with Crippen LogP contribution in [0.1, 0.15) is 5.56 Å². The minimum absolute atomic E-state index is 0.0371. The summed E-state index contributed by atoms with van der Waals surface area (Å²) in [4.78, 5) is 23.9. The van der Waals surface area contributed by atoms with Gasteiger partial charge in [0.05, 0.1) is 6.42 Å². The highest BCUT2D eigenvalue weighted by Gasteiger charge is 2.09. The number of carbonyl (C=O) groups excluding carboxylic acids is 2. The van der Waals surface area contributed by atoms with Gasteiger partial charge in [-0.3, -0.25) is 9.59 Å². The number of halogens is 1. The first-order chi connectivity index (χ1) is 13.6. The Morgan fingerprint density at radius 2 is 1.64 bits per heavy atom. The van der Waals surface area contributed by atoms with E-state index in [-0.39, 0.29) is 37.9 Å². The largest absolute Gasteiger partial charge is 0.490 e. The summed E-state index contributed by atoms with van der Waals surface area (Å²) in [6.45, 7) is -0.0309. The van der Waals surface area contributed by atoms with Gasteiger partial charge in [0.2, 0.25) is 5.91 Å². The summed E-state index contributed by atoms with van der Waals surface area (Å²) in [5, 5.41) is 4.64. The molecular weight excluding hydrogens is 361 g/mol. The van der Waals surface area contributed by atoms with Crippen molar-refractivity contribution >= 4 is 22.6 Å². The van der Waals surface area contributed by atoms with Crippen LogP contribution in [0.5, 0.6) is 5.75 Å². The fourth-order valence-corrected chi connectivity index (χ4v) is 2.75.